The van der Waals surface area contributed by atoms with Crippen LogP contribution < -0.4 is 21.7 Å². The summed E-state index contributed by atoms with van der Waals surface area (Å²) in [5, 5.41) is 9.55. The molecule has 0 unspecified atom stereocenters. The summed E-state index contributed by atoms with van der Waals surface area (Å²) in [6, 6.07) is 8.43. The quantitative estimate of drug-likeness (QED) is 0.839. The molecule has 0 saturated carbocycles. The van der Waals surface area contributed by atoms with Crippen molar-refractivity contribution in [2.24, 2.45) is 0 Å². The molecule has 0 aliphatic rings. The van der Waals surface area contributed by atoms with Crippen molar-refractivity contribution in [2.45, 2.75) is 27.2 Å². The van der Waals surface area contributed by atoms with Crippen LogP contribution in [0.15, 0.2) is 36.9 Å². The molecule has 0 spiro atoms. The predicted octanol–water partition coefficient (Wildman–Crippen LogP) is 1.67. The number of nitrogen functional groups attached to an aromatic ring is 1. The molecule has 4 heteroatoms. The maximum Gasteiger partial charge on any atom is 0.0936 e. The lowest BCUT2D eigenvalue weighted by Crippen LogP contribution is -2.36. The number of nitrogens with two attached hydrogens (primary N) is 1. The molecule has 110 valence electrons. The summed E-state index contributed by atoms with van der Waals surface area (Å²) in [6.45, 7) is 9.85. The second-order valence-corrected chi connectivity index (χ2v) is 4.99. The number of benzene rings is 1. The fraction of sp³-hybridized carbons (Fsp3) is 0.235. The largest absolute Gasteiger partial charge is 0.359 e. The lowest BCUT2D eigenvalue weighted by atomic mass is 10.1. The Bertz CT molecular complexity index is 751. The highest BCUT2D eigenvalue weighted by molar-refractivity contribution is 5.64. The minimum atomic E-state index is 0.845. The van der Waals surface area contributed by atoms with Crippen molar-refractivity contribution in [3.8, 4) is 0 Å². The molecule has 1 aromatic heterocycles. The van der Waals surface area contributed by atoms with E-state index in [1.807, 2.05) is 19.9 Å². The van der Waals surface area contributed by atoms with Gasteiger partial charge in [0.05, 0.1) is 11.0 Å². The van der Waals surface area contributed by atoms with E-state index in [0.717, 1.165) is 34.1 Å². The Balaban J connectivity index is 2.48. The third-order valence-electron chi connectivity index (χ3n) is 3.47. The van der Waals surface area contributed by atoms with Crippen molar-refractivity contribution >= 4 is 17.5 Å². The number of aromatic nitrogens is 2. The molecule has 0 bridgehead atoms. The highest BCUT2D eigenvalue weighted by atomic mass is 15.5. The molecular weight excluding hydrogens is 260 g/mol. The smallest absolute Gasteiger partial charge is 0.0936 e. The van der Waals surface area contributed by atoms with Crippen LogP contribution in [0.4, 0.5) is 5.69 Å². The number of nitrogens with zero attached hydrogens (tertiary/aromatic N) is 2. The van der Waals surface area contributed by atoms with E-state index in [1.54, 1.807) is 6.08 Å². The first-order valence-electron chi connectivity index (χ1n) is 7.07. The van der Waals surface area contributed by atoms with Crippen molar-refractivity contribution in [3.05, 3.63) is 58.7 Å². The molecule has 1 heterocycles. The molecule has 1 aromatic carbocycles. The Morgan fingerprint density at radius 3 is 2.62 bits per heavy atom. The number of allylic oxidation sites excluding steroid dienone is 1. The van der Waals surface area contributed by atoms with Gasteiger partial charge in [0, 0.05) is 16.6 Å². The topological polar surface area (TPSA) is 55.9 Å². The molecule has 0 amide bonds. The highest BCUT2D eigenvalue weighted by Crippen LogP contribution is 2.12. The van der Waals surface area contributed by atoms with Gasteiger partial charge in [0.2, 0.25) is 0 Å². The summed E-state index contributed by atoms with van der Waals surface area (Å²) in [5.41, 5.74) is 4.28. The van der Waals surface area contributed by atoms with Crippen LogP contribution in [0.5, 0.6) is 0 Å². The predicted molar refractivity (Wildman–Crippen MR) is 89.6 cm³/mol. The summed E-state index contributed by atoms with van der Waals surface area (Å²) in [7, 11) is 0. The van der Waals surface area contributed by atoms with Gasteiger partial charge in [-0.05, 0) is 44.0 Å². The van der Waals surface area contributed by atoms with Crippen molar-refractivity contribution < 1.29 is 0 Å². The first kappa shape index (κ1) is 14.9. The molecule has 4 nitrogen and oxygen atoms in total. The van der Waals surface area contributed by atoms with Gasteiger partial charge in [0.25, 0.3) is 0 Å². The maximum atomic E-state index is 5.88. The summed E-state index contributed by atoms with van der Waals surface area (Å²) < 4.78 is 0. The monoisotopic (exact) mass is 282 g/mol. The fourth-order valence-electron chi connectivity index (χ4n) is 2.40. The highest BCUT2D eigenvalue weighted by Gasteiger charge is 2.04. The van der Waals surface area contributed by atoms with E-state index in [0.29, 0.717) is 0 Å². The molecule has 0 saturated heterocycles. The Morgan fingerprint density at radius 1 is 1.38 bits per heavy atom. The average Bonchev–Trinajstić information content (AvgIpc) is 2.74. The van der Waals surface area contributed by atoms with Crippen LogP contribution in [-0.4, -0.2) is 9.89 Å². The third kappa shape index (κ3) is 3.16. The molecule has 21 heavy (non-hydrogen) atoms. The number of nitrogens with one attached hydrogen (secondary N) is 1. The van der Waals surface area contributed by atoms with Gasteiger partial charge in [-0.25, -0.2) is 0 Å². The van der Waals surface area contributed by atoms with Crippen molar-refractivity contribution in [1.29, 1.82) is 0 Å². The van der Waals surface area contributed by atoms with E-state index >= 15 is 0 Å². The Labute approximate surface area is 125 Å². The Kier molecular flexibility index (Phi) is 4.48. The van der Waals surface area contributed by atoms with E-state index < -0.39 is 0 Å². The second kappa shape index (κ2) is 6.31. The van der Waals surface area contributed by atoms with E-state index in [4.69, 9.17) is 5.84 Å². The average molecular weight is 282 g/mol. The summed E-state index contributed by atoms with van der Waals surface area (Å²) in [6.07, 6.45) is 4.62. The zero-order valence-corrected chi connectivity index (χ0v) is 12.9. The molecule has 0 radical (unpaired) electrons. The van der Waals surface area contributed by atoms with Gasteiger partial charge >= 0.3 is 0 Å². The zero-order valence-electron chi connectivity index (χ0n) is 12.9. The van der Waals surface area contributed by atoms with Gasteiger partial charge in [-0.15, -0.1) is 0 Å². The molecular formula is C17H22N4. The Morgan fingerprint density at radius 2 is 2.05 bits per heavy atom. The van der Waals surface area contributed by atoms with Gasteiger partial charge in [0.1, 0.15) is 0 Å². The molecule has 3 N–H and O–H groups in total. The molecule has 2 rings (SSSR count). The van der Waals surface area contributed by atoms with E-state index in [9.17, 15) is 0 Å². The number of rotatable bonds is 4. The van der Waals surface area contributed by atoms with Crippen LogP contribution in [0.3, 0.4) is 0 Å². The number of hydrogen-bond acceptors (Lipinski definition) is 3. The van der Waals surface area contributed by atoms with Gasteiger partial charge < -0.3 is 11.2 Å². The van der Waals surface area contributed by atoms with Crippen molar-refractivity contribution in [1.82, 2.24) is 9.89 Å². The van der Waals surface area contributed by atoms with Gasteiger partial charge in [0.15, 0.2) is 0 Å². The summed E-state index contributed by atoms with van der Waals surface area (Å²) in [4.78, 5) is 1.39. The molecule has 0 aliphatic heterocycles. The van der Waals surface area contributed by atoms with Crippen LogP contribution >= 0.6 is 0 Å². The van der Waals surface area contributed by atoms with Crippen LogP contribution in [-0.2, 0) is 6.42 Å². The van der Waals surface area contributed by atoms with Gasteiger partial charge in [-0.2, -0.15) is 9.89 Å². The fourth-order valence-corrected chi connectivity index (χ4v) is 2.40. The summed E-state index contributed by atoms with van der Waals surface area (Å²) >= 11 is 0. The first-order chi connectivity index (χ1) is 10.1. The van der Waals surface area contributed by atoms with Crippen molar-refractivity contribution in [3.63, 3.8) is 0 Å². The standard InChI is InChI=1S/C17H22N4/c1-5-7-16-17(13(4)20-21(16)18)12(3)19-15-10-8-14(6-2)9-11-15/h5,7-11,19H,1,6,18H2,2-4H3/b16-7+,17-12+. The molecule has 2 aromatic rings. The zero-order chi connectivity index (χ0) is 15.4. The van der Waals surface area contributed by atoms with E-state index in [2.05, 4.69) is 48.2 Å². The Hall–Kier alpha value is -2.49. The third-order valence-corrected chi connectivity index (χ3v) is 3.47. The normalized spacial score (nSPS) is 13.2. The molecule has 0 atom stereocenters. The SMILES string of the molecule is C=C/C=c1\c(=C(/C)Nc2ccc(CC)cc2)c(C)nn1N. The minimum absolute atomic E-state index is 0.845. The summed E-state index contributed by atoms with van der Waals surface area (Å²) in [5.74, 6) is 5.88. The van der Waals surface area contributed by atoms with Crippen molar-refractivity contribution in [2.75, 3.05) is 11.2 Å². The van der Waals surface area contributed by atoms with Crippen LogP contribution in [0.2, 0.25) is 0 Å². The van der Waals surface area contributed by atoms with Gasteiger partial charge in [-0.1, -0.05) is 31.7 Å². The lowest BCUT2D eigenvalue weighted by molar-refractivity contribution is 0.793. The molecule has 0 fully saturated rings. The molecule has 0 aliphatic carbocycles. The van der Waals surface area contributed by atoms with E-state index in [1.165, 1.54) is 10.4 Å². The number of hydrogen-bond donors (Lipinski definition) is 2. The minimum Gasteiger partial charge on any atom is -0.359 e. The second-order valence-electron chi connectivity index (χ2n) is 4.99. The maximum absolute atomic E-state index is 5.88. The van der Waals surface area contributed by atoms with Gasteiger partial charge in [-0.3, -0.25) is 0 Å². The first-order valence-corrected chi connectivity index (χ1v) is 7.07. The van der Waals surface area contributed by atoms with Crippen LogP contribution in [0.25, 0.3) is 11.8 Å². The van der Waals surface area contributed by atoms with Crippen LogP contribution in [0.1, 0.15) is 25.1 Å². The number of anilines is 1. The van der Waals surface area contributed by atoms with E-state index in [-0.39, 0.29) is 0 Å². The lowest BCUT2D eigenvalue weighted by Gasteiger charge is -2.07. The van der Waals surface area contributed by atoms with Crippen LogP contribution in [0, 0.1) is 6.92 Å². The number of aryl methyl sites for hydroxylation is 2.